The summed E-state index contributed by atoms with van der Waals surface area (Å²) in [5, 5.41) is 3.06. The van der Waals surface area contributed by atoms with E-state index >= 15 is 0 Å². The molecule has 1 aromatic carbocycles. The number of amides is 1. The molecule has 0 unspecified atom stereocenters. The van der Waals surface area contributed by atoms with Crippen molar-refractivity contribution in [2.45, 2.75) is 25.8 Å². The molecule has 2 atom stereocenters. The highest BCUT2D eigenvalue weighted by Crippen LogP contribution is 2.31. The van der Waals surface area contributed by atoms with Crippen LogP contribution >= 0.6 is 0 Å². The van der Waals surface area contributed by atoms with Crippen LogP contribution in [0, 0.1) is 11.8 Å². The number of hydrogen-bond acceptors (Lipinski definition) is 3. The highest BCUT2D eigenvalue weighted by Gasteiger charge is 2.31. The summed E-state index contributed by atoms with van der Waals surface area (Å²) in [6.07, 6.45) is 3.19. The first-order valence-corrected chi connectivity index (χ1v) is 7.36. The average molecular weight is 275 g/mol. The maximum absolute atomic E-state index is 12.2. The zero-order valence-corrected chi connectivity index (χ0v) is 12.4. The zero-order valence-electron chi connectivity index (χ0n) is 12.4. The lowest BCUT2D eigenvalue weighted by atomic mass is 9.95. The van der Waals surface area contributed by atoms with E-state index in [0.29, 0.717) is 19.0 Å². The summed E-state index contributed by atoms with van der Waals surface area (Å²) in [7, 11) is 4.03. The predicted octanol–water partition coefficient (Wildman–Crippen LogP) is 1.74. The Bertz CT molecular complexity index is 459. The summed E-state index contributed by atoms with van der Waals surface area (Å²) in [5.41, 5.74) is 8.02. The van der Waals surface area contributed by atoms with Crippen molar-refractivity contribution in [2.24, 2.45) is 17.6 Å². The van der Waals surface area contributed by atoms with E-state index in [9.17, 15) is 4.79 Å². The van der Waals surface area contributed by atoms with Gasteiger partial charge < -0.3 is 16.0 Å². The molecule has 1 aromatic rings. The highest BCUT2D eigenvalue weighted by atomic mass is 16.1. The zero-order chi connectivity index (χ0) is 14.5. The van der Waals surface area contributed by atoms with Gasteiger partial charge in [0.1, 0.15) is 0 Å². The van der Waals surface area contributed by atoms with Crippen LogP contribution in [0.2, 0.25) is 0 Å². The molecule has 0 bridgehead atoms. The van der Waals surface area contributed by atoms with Crippen LogP contribution in [0.3, 0.4) is 0 Å². The smallest absolute Gasteiger partial charge is 0.223 e. The molecule has 3 N–H and O–H groups in total. The van der Waals surface area contributed by atoms with E-state index in [0.717, 1.165) is 30.5 Å². The SMILES string of the molecule is CN(C)c1cccc(CNC(=O)[C@@H]2CCC[C@@H]2CN)c1. The van der Waals surface area contributed by atoms with Gasteiger partial charge in [0.05, 0.1) is 0 Å². The normalized spacial score (nSPS) is 21.8. The Hall–Kier alpha value is -1.55. The molecule has 0 heterocycles. The number of benzene rings is 1. The van der Waals surface area contributed by atoms with Gasteiger partial charge in [-0.15, -0.1) is 0 Å². The second kappa shape index (κ2) is 6.75. The van der Waals surface area contributed by atoms with E-state index in [1.54, 1.807) is 0 Å². The van der Waals surface area contributed by atoms with Crippen molar-refractivity contribution in [2.75, 3.05) is 25.5 Å². The van der Waals surface area contributed by atoms with E-state index in [1.165, 1.54) is 0 Å². The summed E-state index contributed by atoms with van der Waals surface area (Å²) in [6, 6.07) is 8.24. The largest absolute Gasteiger partial charge is 0.378 e. The van der Waals surface area contributed by atoms with Crippen molar-refractivity contribution in [3.8, 4) is 0 Å². The molecule has 0 aromatic heterocycles. The maximum atomic E-state index is 12.2. The number of nitrogens with zero attached hydrogens (tertiary/aromatic N) is 1. The second-order valence-electron chi connectivity index (χ2n) is 5.82. The van der Waals surface area contributed by atoms with Crippen LogP contribution in [0.1, 0.15) is 24.8 Å². The minimum atomic E-state index is 0.108. The lowest BCUT2D eigenvalue weighted by molar-refractivity contribution is -0.126. The molecule has 4 nitrogen and oxygen atoms in total. The number of carbonyl (C=O) groups is 1. The molecule has 0 saturated heterocycles. The summed E-state index contributed by atoms with van der Waals surface area (Å²) < 4.78 is 0. The Morgan fingerprint density at radius 1 is 1.40 bits per heavy atom. The highest BCUT2D eigenvalue weighted by molar-refractivity contribution is 5.79. The topological polar surface area (TPSA) is 58.4 Å². The monoisotopic (exact) mass is 275 g/mol. The predicted molar refractivity (Wildman–Crippen MR) is 82.5 cm³/mol. The Labute approximate surface area is 121 Å². The Morgan fingerprint density at radius 2 is 2.20 bits per heavy atom. The van der Waals surface area contributed by atoms with Gasteiger partial charge in [0.25, 0.3) is 0 Å². The molecule has 2 rings (SSSR count). The van der Waals surface area contributed by atoms with Gasteiger partial charge in [-0.1, -0.05) is 18.6 Å². The molecule has 1 aliphatic carbocycles. The van der Waals surface area contributed by atoms with Gasteiger partial charge in [-0.2, -0.15) is 0 Å². The van der Waals surface area contributed by atoms with Crippen molar-refractivity contribution in [1.82, 2.24) is 5.32 Å². The van der Waals surface area contributed by atoms with Crippen molar-refractivity contribution >= 4 is 11.6 Å². The van der Waals surface area contributed by atoms with Gasteiger partial charge in [-0.3, -0.25) is 4.79 Å². The fourth-order valence-electron chi connectivity index (χ4n) is 2.93. The number of nitrogens with two attached hydrogens (primary N) is 1. The van der Waals surface area contributed by atoms with Crippen LogP contribution in [0.5, 0.6) is 0 Å². The van der Waals surface area contributed by atoms with Crippen molar-refractivity contribution in [3.05, 3.63) is 29.8 Å². The van der Waals surface area contributed by atoms with Crippen LogP contribution < -0.4 is 16.0 Å². The molecule has 20 heavy (non-hydrogen) atoms. The van der Waals surface area contributed by atoms with E-state index in [2.05, 4.69) is 22.3 Å². The molecule has 110 valence electrons. The third-order valence-electron chi connectivity index (χ3n) is 4.19. The van der Waals surface area contributed by atoms with Gasteiger partial charge in [-0.05, 0) is 43.0 Å². The van der Waals surface area contributed by atoms with Gasteiger partial charge in [-0.25, -0.2) is 0 Å². The first kappa shape index (κ1) is 14.9. The molecule has 1 amide bonds. The summed E-state index contributed by atoms with van der Waals surface area (Å²) in [5.74, 6) is 0.633. The van der Waals surface area contributed by atoms with Crippen LogP contribution in [-0.2, 0) is 11.3 Å². The molecular weight excluding hydrogens is 250 g/mol. The fraction of sp³-hybridized carbons (Fsp3) is 0.562. The molecule has 1 saturated carbocycles. The van der Waals surface area contributed by atoms with Crippen LogP contribution in [0.15, 0.2) is 24.3 Å². The number of rotatable bonds is 5. The standard InChI is InChI=1S/C16H25N3O/c1-19(2)14-7-3-5-12(9-14)11-18-16(20)15-8-4-6-13(15)10-17/h3,5,7,9,13,15H,4,6,8,10-11,17H2,1-2H3,(H,18,20)/t13-,15-/m1/s1. The average Bonchev–Trinajstić information content (AvgIpc) is 2.93. The molecule has 0 spiro atoms. The lowest BCUT2D eigenvalue weighted by Crippen LogP contribution is -2.34. The Kier molecular flexibility index (Phi) is 5.01. The molecule has 1 fully saturated rings. The minimum absolute atomic E-state index is 0.108. The van der Waals surface area contributed by atoms with E-state index in [4.69, 9.17) is 5.73 Å². The van der Waals surface area contributed by atoms with Crippen LogP contribution in [0.25, 0.3) is 0 Å². The minimum Gasteiger partial charge on any atom is -0.378 e. The Morgan fingerprint density at radius 3 is 2.90 bits per heavy atom. The number of anilines is 1. The second-order valence-corrected chi connectivity index (χ2v) is 5.82. The van der Waals surface area contributed by atoms with Gasteiger partial charge in [0.2, 0.25) is 5.91 Å². The quantitative estimate of drug-likeness (QED) is 0.860. The van der Waals surface area contributed by atoms with Crippen molar-refractivity contribution in [1.29, 1.82) is 0 Å². The summed E-state index contributed by atoms with van der Waals surface area (Å²) in [4.78, 5) is 14.3. The third kappa shape index (κ3) is 3.51. The molecule has 0 aliphatic heterocycles. The van der Waals surface area contributed by atoms with Crippen molar-refractivity contribution in [3.63, 3.8) is 0 Å². The van der Waals surface area contributed by atoms with Crippen LogP contribution in [-0.4, -0.2) is 26.5 Å². The van der Waals surface area contributed by atoms with Crippen LogP contribution in [0.4, 0.5) is 5.69 Å². The third-order valence-corrected chi connectivity index (χ3v) is 4.19. The van der Waals surface area contributed by atoms with Gasteiger partial charge in [0.15, 0.2) is 0 Å². The molecule has 4 heteroatoms. The van der Waals surface area contributed by atoms with E-state index in [1.807, 2.05) is 26.2 Å². The molecule has 0 radical (unpaired) electrons. The van der Waals surface area contributed by atoms with E-state index in [-0.39, 0.29) is 11.8 Å². The van der Waals surface area contributed by atoms with Gasteiger partial charge in [0, 0.05) is 32.2 Å². The number of hydrogen-bond donors (Lipinski definition) is 2. The number of nitrogens with one attached hydrogen (secondary N) is 1. The van der Waals surface area contributed by atoms with E-state index < -0.39 is 0 Å². The van der Waals surface area contributed by atoms with Gasteiger partial charge >= 0.3 is 0 Å². The maximum Gasteiger partial charge on any atom is 0.223 e. The summed E-state index contributed by atoms with van der Waals surface area (Å²) >= 11 is 0. The first-order valence-electron chi connectivity index (χ1n) is 7.36. The molecular formula is C16H25N3O. The Balaban J connectivity index is 1.91. The summed E-state index contributed by atoms with van der Waals surface area (Å²) in [6.45, 7) is 1.21. The lowest BCUT2D eigenvalue weighted by Gasteiger charge is -2.18. The fourth-order valence-corrected chi connectivity index (χ4v) is 2.93. The van der Waals surface area contributed by atoms with Crippen molar-refractivity contribution < 1.29 is 4.79 Å². The first-order chi connectivity index (χ1) is 9.61. The molecule has 1 aliphatic rings. The number of carbonyl (C=O) groups excluding carboxylic acids is 1.